The van der Waals surface area contributed by atoms with Gasteiger partial charge in [-0.25, -0.2) is 4.79 Å². The van der Waals surface area contributed by atoms with Crippen molar-refractivity contribution in [2.24, 2.45) is 0 Å². The van der Waals surface area contributed by atoms with Crippen LogP contribution in [0.3, 0.4) is 0 Å². The Labute approximate surface area is 64.1 Å². The van der Waals surface area contributed by atoms with Crippen molar-refractivity contribution < 1.29 is 20.5 Å². The maximum absolute atomic E-state index is 8.56. The predicted molar refractivity (Wildman–Crippen MR) is 22.8 cm³/mol. The summed E-state index contributed by atoms with van der Waals surface area (Å²) in [6.07, 6.45) is -1.83. The molecule has 0 atom stereocenters. The van der Waals surface area contributed by atoms with E-state index in [4.69, 9.17) is 15.0 Å². The van der Waals surface area contributed by atoms with Gasteiger partial charge in [0.05, 0.1) is 0 Å². The van der Waals surface area contributed by atoms with Crippen LogP contribution in [-0.4, -0.2) is 59.6 Å². The summed E-state index contributed by atoms with van der Waals surface area (Å²) in [6, 6.07) is 0. The normalized spacial score (nSPS) is 4.00. The van der Waals surface area contributed by atoms with Gasteiger partial charge in [0, 0.05) is 0 Å². The van der Waals surface area contributed by atoms with Gasteiger partial charge in [0.25, 0.3) is 0 Å². The molecule has 0 unspecified atom stereocenters. The van der Waals surface area contributed by atoms with E-state index in [0.29, 0.717) is 0 Å². The second-order valence-electron chi connectivity index (χ2n) is 0.283. The summed E-state index contributed by atoms with van der Waals surface area (Å²) in [4.78, 5) is 8.56. The fourth-order valence-electron chi connectivity index (χ4n) is 0. The Hall–Kier alpha value is 0.490. The van der Waals surface area contributed by atoms with Crippen molar-refractivity contribution in [3.63, 3.8) is 0 Å². The van der Waals surface area contributed by atoms with E-state index in [9.17, 15) is 0 Å². The molecule has 0 aliphatic carbocycles. The Bertz CT molecular complexity index is 30.5. The molecule has 4 nitrogen and oxygen atoms in total. The third kappa shape index (κ3) is 228. The van der Waals surface area contributed by atoms with Crippen LogP contribution in [0.25, 0.3) is 0 Å². The van der Waals surface area contributed by atoms with Crippen LogP contribution in [0.2, 0.25) is 0 Å². The van der Waals surface area contributed by atoms with Gasteiger partial charge in [-0.3, -0.25) is 0 Å². The summed E-state index contributed by atoms with van der Waals surface area (Å²) in [5, 5.41) is 13.9. The molecular formula is CH6CaO4. The molecule has 0 aromatic carbocycles. The van der Waals surface area contributed by atoms with Crippen molar-refractivity contribution in [1.82, 2.24) is 0 Å². The number of carboxylic acid groups (broad SMARTS) is 2. The Kier molecular flexibility index (Phi) is 24.3. The average molecular weight is 122 g/mol. The van der Waals surface area contributed by atoms with Crippen LogP contribution in [0.4, 0.5) is 4.79 Å². The number of hydrogen-bond donors (Lipinski definition) is 2. The van der Waals surface area contributed by atoms with Crippen LogP contribution in [0.1, 0.15) is 0 Å². The van der Waals surface area contributed by atoms with Gasteiger partial charge in [0.15, 0.2) is 0 Å². The molecule has 0 spiro atoms. The van der Waals surface area contributed by atoms with E-state index in [2.05, 4.69) is 0 Å². The van der Waals surface area contributed by atoms with Crippen LogP contribution in [0, 0.1) is 0 Å². The molecule has 5 heteroatoms. The fourth-order valence-corrected chi connectivity index (χ4v) is 0. The Morgan fingerprint density at radius 3 is 1.33 bits per heavy atom. The van der Waals surface area contributed by atoms with Crippen LogP contribution in [-0.2, 0) is 0 Å². The molecular weight excluding hydrogens is 116 g/mol. The Morgan fingerprint density at radius 2 is 1.33 bits per heavy atom. The Morgan fingerprint density at radius 1 is 1.33 bits per heavy atom. The summed E-state index contributed by atoms with van der Waals surface area (Å²) < 4.78 is 0. The van der Waals surface area contributed by atoms with E-state index < -0.39 is 6.16 Å². The fraction of sp³-hybridized carbons (Fsp3) is 0. The monoisotopic (exact) mass is 122 g/mol. The first-order valence-corrected chi connectivity index (χ1v) is 0.651. The van der Waals surface area contributed by atoms with E-state index in [-0.39, 0.29) is 43.2 Å². The number of rotatable bonds is 0. The van der Waals surface area contributed by atoms with E-state index in [1.54, 1.807) is 0 Å². The SMILES string of the molecule is O.O=C(O)O.[CaH2]. The van der Waals surface area contributed by atoms with E-state index in [0.717, 1.165) is 0 Å². The third-order valence-corrected chi connectivity index (χ3v) is 0. The zero-order valence-electron chi connectivity index (χ0n) is 2.30. The summed E-state index contributed by atoms with van der Waals surface area (Å²) in [7, 11) is 0. The molecule has 0 aliphatic rings. The summed E-state index contributed by atoms with van der Waals surface area (Å²) >= 11 is 0. The van der Waals surface area contributed by atoms with Gasteiger partial charge in [-0.2, -0.15) is 0 Å². The van der Waals surface area contributed by atoms with Crippen molar-refractivity contribution in [3.8, 4) is 0 Å². The van der Waals surface area contributed by atoms with Gasteiger partial charge in [-0.1, -0.05) is 0 Å². The van der Waals surface area contributed by atoms with Crippen molar-refractivity contribution in [1.29, 1.82) is 0 Å². The molecule has 0 heterocycles. The zero-order chi connectivity index (χ0) is 3.58. The average Bonchev–Trinajstić information content (AvgIpc) is 0.811. The maximum atomic E-state index is 8.56. The van der Waals surface area contributed by atoms with Crippen molar-refractivity contribution >= 4 is 43.9 Å². The molecule has 0 aromatic heterocycles. The first-order chi connectivity index (χ1) is 1.73. The van der Waals surface area contributed by atoms with Crippen molar-refractivity contribution in [2.45, 2.75) is 0 Å². The summed E-state index contributed by atoms with van der Waals surface area (Å²) in [5.74, 6) is 0. The quantitative estimate of drug-likeness (QED) is 0.382. The predicted octanol–water partition coefficient (Wildman–Crippen LogP) is -1.52. The van der Waals surface area contributed by atoms with Gasteiger partial charge in [-0.05, 0) is 0 Å². The molecule has 0 saturated heterocycles. The molecule has 0 bridgehead atoms. The first kappa shape index (κ1) is 16.1. The van der Waals surface area contributed by atoms with Crippen LogP contribution in [0.5, 0.6) is 0 Å². The van der Waals surface area contributed by atoms with Gasteiger partial charge < -0.3 is 15.7 Å². The minimum atomic E-state index is -1.83. The molecule has 0 rings (SSSR count). The zero-order valence-corrected chi connectivity index (χ0v) is 2.30. The molecule has 4 N–H and O–H groups in total. The number of hydrogen-bond acceptors (Lipinski definition) is 1. The molecule has 0 aliphatic heterocycles. The van der Waals surface area contributed by atoms with Gasteiger partial charge in [0.2, 0.25) is 0 Å². The van der Waals surface area contributed by atoms with Gasteiger partial charge >= 0.3 is 43.9 Å². The van der Waals surface area contributed by atoms with E-state index in [1.807, 2.05) is 0 Å². The van der Waals surface area contributed by atoms with Crippen LogP contribution < -0.4 is 0 Å². The molecule has 0 radical (unpaired) electrons. The van der Waals surface area contributed by atoms with E-state index >= 15 is 0 Å². The first-order valence-electron chi connectivity index (χ1n) is 0.651. The van der Waals surface area contributed by atoms with Gasteiger partial charge in [-0.15, -0.1) is 0 Å². The minimum absolute atomic E-state index is 0. The summed E-state index contributed by atoms with van der Waals surface area (Å²) in [6.45, 7) is 0. The van der Waals surface area contributed by atoms with Crippen molar-refractivity contribution in [2.75, 3.05) is 0 Å². The van der Waals surface area contributed by atoms with Crippen LogP contribution in [0.15, 0.2) is 0 Å². The summed E-state index contributed by atoms with van der Waals surface area (Å²) in [5.41, 5.74) is 0. The topological polar surface area (TPSA) is 89.0 Å². The second-order valence-corrected chi connectivity index (χ2v) is 0.283. The third-order valence-electron chi connectivity index (χ3n) is 0. The Balaban J connectivity index is -0.0000000450. The van der Waals surface area contributed by atoms with Crippen LogP contribution >= 0.6 is 0 Å². The molecule has 0 fully saturated rings. The molecule has 0 aromatic rings. The molecule has 0 saturated carbocycles. The van der Waals surface area contributed by atoms with Crippen molar-refractivity contribution in [3.05, 3.63) is 0 Å². The van der Waals surface area contributed by atoms with E-state index in [1.165, 1.54) is 0 Å². The molecule has 0 amide bonds. The standard InChI is InChI=1S/CH2O3.Ca.H2O.2H/c2-1(3)4;;;;/h(H2,2,3,4);;1H2;;. The van der Waals surface area contributed by atoms with Gasteiger partial charge in [0.1, 0.15) is 0 Å². The number of carbonyl (C=O) groups is 1. The molecule has 6 heavy (non-hydrogen) atoms. The molecule has 36 valence electrons. The second kappa shape index (κ2) is 9.09.